The van der Waals surface area contributed by atoms with Crippen LogP contribution in [0, 0.1) is 0 Å². The van der Waals surface area contributed by atoms with Gasteiger partial charge in [0.2, 0.25) is 11.8 Å². The normalized spacial score (nSPS) is 9.94. The van der Waals surface area contributed by atoms with Crippen LogP contribution in [0.2, 0.25) is 0 Å². The Morgan fingerprint density at radius 1 is 1.24 bits per heavy atom. The summed E-state index contributed by atoms with van der Waals surface area (Å²) in [6, 6.07) is 1.70. The number of primary amides is 2. The molecule has 17 heavy (non-hydrogen) atoms. The van der Waals surface area contributed by atoms with Crippen molar-refractivity contribution >= 4 is 45.0 Å². The standard InChI is InChI=1S/C9H10BrN3O3S/c10-5-1-2-17-8(5)9(16)13(3-6(11)14)4-7(12)15/h1-2H,3-4H2,(H2,11,14)(H2,12,15). The maximum atomic E-state index is 12.0. The number of hydrogen-bond donors (Lipinski definition) is 2. The van der Waals surface area contributed by atoms with Crippen molar-refractivity contribution in [3.8, 4) is 0 Å². The quantitative estimate of drug-likeness (QED) is 0.792. The van der Waals surface area contributed by atoms with E-state index in [1.165, 1.54) is 11.3 Å². The van der Waals surface area contributed by atoms with Crippen LogP contribution in [0.25, 0.3) is 0 Å². The fourth-order valence-corrected chi connectivity index (χ4v) is 2.67. The molecule has 6 nitrogen and oxygen atoms in total. The van der Waals surface area contributed by atoms with Gasteiger partial charge < -0.3 is 16.4 Å². The lowest BCUT2D eigenvalue weighted by Crippen LogP contribution is -2.43. The molecule has 3 amide bonds. The summed E-state index contributed by atoms with van der Waals surface area (Å²) in [6.45, 7) is -0.682. The first kappa shape index (κ1) is 13.7. The first-order valence-electron chi connectivity index (χ1n) is 4.50. The lowest BCUT2D eigenvalue weighted by atomic mass is 10.3. The number of nitrogens with two attached hydrogens (primary N) is 2. The largest absolute Gasteiger partial charge is 0.368 e. The highest BCUT2D eigenvalue weighted by Crippen LogP contribution is 2.24. The van der Waals surface area contributed by atoms with Crippen molar-refractivity contribution in [3.05, 3.63) is 20.8 Å². The summed E-state index contributed by atoms with van der Waals surface area (Å²) < 4.78 is 0.603. The summed E-state index contributed by atoms with van der Waals surface area (Å²) in [5.74, 6) is -1.86. The Morgan fingerprint density at radius 3 is 2.12 bits per heavy atom. The third kappa shape index (κ3) is 3.82. The zero-order valence-corrected chi connectivity index (χ0v) is 11.1. The minimum absolute atomic E-state index is 0.341. The van der Waals surface area contributed by atoms with Crippen LogP contribution in [-0.4, -0.2) is 35.7 Å². The number of hydrogen-bond acceptors (Lipinski definition) is 4. The molecule has 0 aliphatic carbocycles. The van der Waals surface area contributed by atoms with Crippen LogP contribution in [0.5, 0.6) is 0 Å². The number of thiophene rings is 1. The zero-order chi connectivity index (χ0) is 13.0. The summed E-state index contributed by atoms with van der Waals surface area (Å²) in [4.78, 5) is 35.0. The van der Waals surface area contributed by atoms with Gasteiger partial charge in [-0.15, -0.1) is 11.3 Å². The smallest absolute Gasteiger partial charge is 0.266 e. The monoisotopic (exact) mass is 319 g/mol. The van der Waals surface area contributed by atoms with Crippen molar-refractivity contribution in [2.45, 2.75) is 0 Å². The summed E-state index contributed by atoms with van der Waals surface area (Å²) in [5.41, 5.74) is 10.0. The van der Waals surface area contributed by atoms with Crippen LogP contribution < -0.4 is 11.5 Å². The van der Waals surface area contributed by atoms with Gasteiger partial charge in [0.15, 0.2) is 0 Å². The van der Waals surface area contributed by atoms with Crippen molar-refractivity contribution in [1.29, 1.82) is 0 Å². The molecule has 0 atom stereocenters. The summed E-state index contributed by atoms with van der Waals surface area (Å²) in [6.07, 6.45) is 0. The molecule has 1 heterocycles. The summed E-state index contributed by atoms with van der Waals surface area (Å²) in [5, 5.41) is 1.71. The van der Waals surface area contributed by atoms with Crippen LogP contribution in [0.1, 0.15) is 9.67 Å². The predicted molar refractivity (Wildman–Crippen MR) is 66.3 cm³/mol. The highest BCUT2D eigenvalue weighted by atomic mass is 79.9. The number of carbonyl (C=O) groups excluding carboxylic acids is 3. The second kappa shape index (κ2) is 5.78. The lowest BCUT2D eigenvalue weighted by Gasteiger charge is -2.18. The second-order valence-corrected chi connectivity index (χ2v) is 4.96. The highest BCUT2D eigenvalue weighted by molar-refractivity contribution is 9.10. The number of halogens is 1. The SMILES string of the molecule is NC(=O)CN(CC(N)=O)C(=O)c1sccc1Br. The fourth-order valence-electron chi connectivity index (χ4n) is 1.17. The van der Waals surface area contributed by atoms with Gasteiger partial charge in [0.1, 0.15) is 18.0 Å². The van der Waals surface area contributed by atoms with Gasteiger partial charge in [-0.1, -0.05) is 0 Å². The van der Waals surface area contributed by atoms with E-state index in [1.807, 2.05) is 0 Å². The van der Waals surface area contributed by atoms with Crippen molar-refractivity contribution in [2.75, 3.05) is 13.1 Å². The third-order valence-corrected chi connectivity index (χ3v) is 3.62. The van der Waals surface area contributed by atoms with E-state index in [4.69, 9.17) is 11.5 Å². The molecule has 4 N–H and O–H groups in total. The predicted octanol–water partition coefficient (Wildman–Crippen LogP) is -0.0766. The van der Waals surface area contributed by atoms with E-state index >= 15 is 0 Å². The molecule has 1 aromatic rings. The van der Waals surface area contributed by atoms with Crippen LogP contribution in [-0.2, 0) is 9.59 Å². The molecule has 0 saturated heterocycles. The fraction of sp³-hybridized carbons (Fsp3) is 0.222. The Morgan fingerprint density at radius 2 is 1.76 bits per heavy atom. The van der Waals surface area contributed by atoms with Crippen molar-refractivity contribution in [1.82, 2.24) is 4.90 Å². The Labute approximate surface area is 110 Å². The molecular weight excluding hydrogens is 310 g/mol. The zero-order valence-electron chi connectivity index (χ0n) is 8.68. The Kier molecular flexibility index (Phi) is 4.64. The third-order valence-electron chi connectivity index (χ3n) is 1.79. The first-order valence-corrected chi connectivity index (χ1v) is 6.18. The Balaban J connectivity index is 2.90. The van der Waals surface area contributed by atoms with Gasteiger partial charge in [-0.05, 0) is 27.4 Å². The first-order chi connectivity index (χ1) is 7.91. The molecule has 1 rings (SSSR count). The average Bonchev–Trinajstić information content (AvgIpc) is 2.61. The number of amides is 3. The molecular formula is C9H10BrN3O3S. The molecule has 0 aliphatic heterocycles. The van der Waals surface area contributed by atoms with E-state index in [0.717, 1.165) is 4.90 Å². The van der Waals surface area contributed by atoms with E-state index < -0.39 is 17.7 Å². The minimum atomic E-state index is -0.702. The molecule has 0 spiro atoms. The highest BCUT2D eigenvalue weighted by Gasteiger charge is 2.22. The van der Waals surface area contributed by atoms with Gasteiger partial charge in [-0.2, -0.15) is 0 Å². The van der Waals surface area contributed by atoms with Crippen LogP contribution in [0.15, 0.2) is 15.9 Å². The number of nitrogens with zero attached hydrogens (tertiary/aromatic N) is 1. The van der Waals surface area contributed by atoms with Gasteiger partial charge in [0, 0.05) is 4.47 Å². The molecule has 8 heteroatoms. The van der Waals surface area contributed by atoms with Gasteiger partial charge in [-0.3, -0.25) is 14.4 Å². The van der Waals surface area contributed by atoms with Crippen LogP contribution >= 0.6 is 27.3 Å². The van der Waals surface area contributed by atoms with E-state index in [1.54, 1.807) is 11.4 Å². The number of rotatable bonds is 5. The average molecular weight is 320 g/mol. The Hall–Kier alpha value is -1.41. The Bertz CT molecular complexity index is 444. The van der Waals surface area contributed by atoms with E-state index in [9.17, 15) is 14.4 Å². The summed E-state index contributed by atoms with van der Waals surface area (Å²) in [7, 11) is 0. The minimum Gasteiger partial charge on any atom is -0.368 e. The molecule has 0 aliphatic rings. The van der Waals surface area contributed by atoms with Gasteiger partial charge in [-0.25, -0.2) is 0 Å². The second-order valence-electron chi connectivity index (χ2n) is 3.19. The summed E-state index contributed by atoms with van der Waals surface area (Å²) >= 11 is 4.40. The van der Waals surface area contributed by atoms with Crippen LogP contribution in [0.3, 0.4) is 0 Å². The van der Waals surface area contributed by atoms with Gasteiger partial charge >= 0.3 is 0 Å². The molecule has 0 bridgehead atoms. The van der Waals surface area contributed by atoms with Gasteiger partial charge in [0.05, 0.1) is 0 Å². The maximum absolute atomic E-state index is 12.0. The molecule has 0 unspecified atom stereocenters. The van der Waals surface area contributed by atoms with E-state index in [-0.39, 0.29) is 13.1 Å². The van der Waals surface area contributed by atoms with Gasteiger partial charge in [0.25, 0.3) is 5.91 Å². The van der Waals surface area contributed by atoms with Crippen molar-refractivity contribution in [3.63, 3.8) is 0 Å². The van der Waals surface area contributed by atoms with E-state index in [0.29, 0.717) is 9.35 Å². The molecule has 0 fully saturated rings. The lowest BCUT2D eigenvalue weighted by molar-refractivity contribution is -0.121. The molecule has 0 radical (unpaired) electrons. The van der Waals surface area contributed by atoms with E-state index in [2.05, 4.69) is 15.9 Å². The van der Waals surface area contributed by atoms with Crippen LogP contribution in [0.4, 0.5) is 0 Å². The molecule has 0 aromatic carbocycles. The van der Waals surface area contributed by atoms with Crippen molar-refractivity contribution < 1.29 is 14.4 Å². The number of carbonyl (C=O) groups is 3. The van der Waals surface area contributed by atoms with Crippen molar-refractivity contribution in [2.24, 2.45) is 11.5 Å². The topological polar surface area (TPSA) is 106 Å². The maximum Gasteiger partial charge on any atom is 0.266 e. The molecule has 1 aromatic heterocycles. The molecule has 0 saturated carbocycles. The molecule has 92 valence electrons.